The smallest absolute Gasteiger partial charge is 0.273 e. The molecule has 0 radical (unpaired) electrons. The molecule has 0 aromatic heterocycles. The minimum atomic E-state index is -0.522. The van der Waals surface area contributed by atoms with Crippen molar-refractivity contribution in [2.24, 2.45) is 0 Å². The predicted molar refractivity (Wildman–Crippen MR) is 77.3 cm³/mol. The van der Waals surface area contributed by atoms with Crippen LogP contribution in [0.4, 0.5) is 5.69 Å². The van der Waals surface area contributed by atoms with Gasteiger partial charge in [0, 0.05) is 29.6 Å². The lowest BCUT2D eigenvalue weighted by atomic mass is 10.0. The maximum absolute atomic E-state index is 11.1. The Morgan fingerprint density at radius 2 is 2.14 bits per heavy atom. The zero-order valence-corrected chi connectivity index (χ0v) is 12.3. The van der Waals surface area contributed by atoms with Gasteiger partial charge in [-0.1, -0.05) is 11.6 Å². The first-order valence-corrected chi connectivity index (χ1v) is 7.39. The molecule has 2 fully saturated rings. The van der Waals surface area contributed by atoms with Gasteiger partial charge in [-0.3, -0.25) is 15.0 Å². The molecule has 0 aliphatic carbocycles. The standard InChI is InChI=1S/C14H17ClN2O4/c15-12-2-3-13(17(18)19)11(8-12)9-16-5-1-4-14(10-16)20-6-7-21-14/h2-3,8H,1,4-7,9-10H2. The second-order valence-electron chi connectivity index (χ2n) is 5.45. The van der Waals surface area contributed by atoms with Gasteiger partial charge in [-0.15, -0.1) is 0 Å². The number of hydrogen-bond donors (Lipinski definition) is 0. The average molecular weight is 313 g/mol. The zero-order chi connectivity index (χ0) is 14.9. The fraction of sp³-hybridized carbons (Fsp3) is 0.571. The maximum atomic E-state index is 11.1. The highest BCUT2D eigenvalue weighted by atomic mass is 35.5. The first kappa shape index (κ1) is 14.7. The van der Waals surface area contributed by atoms with Crippen molar-refractivity contribution in [3.8, 4) is 0 Å². The molecule has 0 N–H and O–H groups in total. The van der Waals surface area contributed by atoms with Gasteiger partial charge < -0.3 is 9.47 Å². The van der Waals surface area contributed by atoms with Crippen molar-refractivity contribution < 1.29 is 14.4 Å². The first-order valence-electron chi connectivity index (χ1n) is 7.01. The highest BCUT2D eigenvalue weighted by Crippen LogP contribution is 2.32. The number of nitro benzene ring substituents is 1. The molecular formula is C14H17ClN2O4. The summed E-state index contributed by atoms with van der Waals surface area (Å²) in [5, 5.41) is 11.6. The summed E-state index contributed by atoms with van der Waals surface area (Å²) in [7, 11) is 0. The molecule has 6 nitrogen and oxygen atoms in total. The summed E-state index contributed by atoms with van der Waals surface area (Å²) < 4.78 is 11.5. The Labute approximate surface area is 127 Å². The Morgan fingerprint density at radius 1 is 1.38 bits per heavy atom. The van der Waals surface area contributed by atoms with Crippen molar-refractivity contribution in [2.45, 2.75) is 25.2 Å². The molecule has 2 aliphatic rings. The van der Waals surface area contributed by atoms with E-state index in [0.717, 1.165) is 19.4 Å². The Balaban J connectivity index is 1.77. The van der Waals surface area contributed by atoms with Crippen LogP contribution in [-0.4, -0.2) is 41.9 Å². The number of rotatable bonds is 3. The summed E-state index contributed by atoms with van der Waals surface area (Å²) in [6.45, 7) is 3.22. The molecule has 1 aromatic rings. The number of nitro groups is 1. The van der Waals surface area contributed by atoms with E-state index < -0.39 is 5.79 Å². The highest BCUT2D eigenvalue weighted by Gasteiger charge is 2.40. The van der Waals surface area contributed by atoms with Crippen LogP contribution in [0.15, 0.2) is 18.2 Å². The first-order chi connectivity index (χ1) is 10.1. The van der Waals surface area contributed by atoms with Gasteiger partial charge in [0.15, 0.2) is 5.79 Å². The Morgan fingerprint density at radius 3 is 2.86 bits per heavy atom. The van der Waals surface area contributed by atoms with Crippen LogP contribution in [0.5, 0.6) is 0 Å². The van der Waals surface area contributed by atoms with E-state index in [-0.39, 0.29) is 10.6 Å². The molecule has 0 saturated carbocycles. The van der Waals surface area contributed by atoms with E-state index in [2.05, 4.69) is 4.90 Å². The van der Waals surface area contributed by atoms with Crippen molar-refractivity contribution in [3.05, 3.63) is 38.9 Å². The number of halogens is 1. The fourth-order valence-corrected chi connectivity index (χ4v) is 3.23. The molecule has 1 aromatic carbocycles. The van der Waals surface area contributed by atoms with E-state index in [1.807, 2.05) is 0 Å². The van der Waals surface area contributed by atoms with E-state index in [9.17, 15) is 10.1 Å². The largest absolute Gasteiger partial charge is 0.346 e. The maximum Gasteiger partial charge on any atom is 0.273 e. The number of likely N-dealkylation sites (tertiary alicyclic amines) is 1. The van der Waals surface area contributed by atoms with Crippen LogP contribution in [0.25, 0.3) is 0 Å². The normalized spacial score (nSPS) is 21.8. The number of benzene rings is 1. The van der Waals surface area contributed by atoms with E-state index >= 15 is 0 Å². The predicted octanol–water partition coefficient (Wildman–Crippen LogP) is 2.59. The SMILES string of the molecule is O=[N+]([O-])c1ccc(Cl)cc1CN1CCCC2(C1)OCCO2. The van der Waals surface area contributed by atoms with Gasteiger partial charge in [0.25, 0.3) is 5.69 Å². The lowest BCUT2D eigenvalue weighted by Crippen LogP contribution is -2.48. The highest BCUT2D eigenvalue weighted by molar-refractivity contribution is 6.30. The molecule has 3 rings (SSSR count). The quantitative estimate of drug-likeness (QED) is 0.634. The van der Waals surface area contributed by atoms with Crippen LogP contribution >= 0.6 is 11.6 Å². The number of nitrogens with zero attached hydrogens (tertiary/aromatic N) is 2. The van der Waals surface area contributed by atoms with Crippen molar-refractivity contribution >= 4 is 17.3 Å². The Bertz CT molecular complexity index is 546. The molecule has 0 amide bonds. The molecule has 2 saturated heterocycles. The van der Waals surface area contributed by atoms with E-state index in [1.165, 1.54) is 6.07 Å². The third-order valence-corrected chi connectivity index (χ3v) is 4.18. The summed E-state index contributed by atoms with van der Waals surface area (Å²) in [6, 6.07) is 4.67. The number of ether oxygens (including phenoxy) is 2. The minimum absolute atomic E-state index is 0.104. The molecular weight excluding hydrogens is 296 g/mol. The van der Waals surface area contributed by atoms with Crippen molar-refractivity contribution in [1.82, 2.24) is 4.90 Å². The molecule has 21 heavy (non-hydrogen) atoms. The average Bonchev–Trinajstić information content (AvgIpc) is 2.86. The van der Waals surface area contributed by atoms with Crippen LogP contribution < -0.4 is 0 Å². The molecule has 2 heterocycles. The van der Waals surface area contributed by atoms with Gasteiger partial charge in [-0.05, 0) is 25.1 Å². The van der Waals surface area contributed by atoms with Gasteiger partial charge in [-0.25, -0.2) is 0 Å². The lowest BCUT2D eigenvalue weighted by molar-refractivity contribution is -0.385. The zero-order valence-electron chi connectivity index (χ0n) is 11.6. The Hall–Kier alpha value is -1.21. The number of piperidine rings is 1. The summed E-state index contributed by atoms with van der Waals surface area (Å²) >= 11 is 5.97. The van der Waals surface area contributed by atoms with Crippen LogP contribution in [0.1, 0.15) is 18.4 Å². The van der Waals surface area contributed by atoms with Gasteiger partial charge >= 0.3 is 0 Å². The minimum Gasteiger partial charge on any atom is -0.346 e. The van der Waals surface area contributed by atoms with Gasteiger partial charge in [0.2, 0.25) is 0 Å². The third-order valence-electron chi connectivity index (χ3n) is 3.94. The van der Waals surface area contributed by atoms with Crippen molar-refractivity contribution in [2.75, 3.05) is 26.3 Å². The van der Waals surface area contributed by atoms with Gasteiger partial charge in [0.05, 0.1) is 24.7 Å². The fourth-order valence-electron chi connectivity index (χ4n) is 3.04. The van der Waals surface area contributed by atoms with Crippen LogP contribution in [0, 0.1) is 10.1 Å². The number of hydrogen-bond acceptors (Lipinski definition) is 5. The monoisotopic (exact) mass is 312 g/mol. The second kappa shape index (κ2) is 5.88. The van der Waals surface area contributed by atoms with Crippen molar-refractivity contribution in [3.63, 3.8) is 0 Å². The Kier molecular flexibility index (Phi) is 4.12. The van der Waals surface area contributed by atoms with Gasteiger partial charge in [0.1, 0.15) is 0 Å². The molecule has 2 aliphatic heterocycles. The van der Waals surface area contributed by atoms with Crippen LogP contribution in [0.3, 0.4) is 0 Å². The molecule has 114 valence electrons. The third kappa shape index (κ3) is 3.18. The van der Waals surface area contributed by atoms with Crippen LogP contribution in [0.2, 0.25) is 5.02 Å². The van der Waals surface area contributed by atoms with Crippen LogP contribution in [-0.2, 0) is 16.0 Å². The van der Waals surface area contributed by atoms with Crippen molar-refractivity contribution in [1.29, 1.82) is 0 Å². The second-order valence-corrected chi connectivity index (χ2v) is 5.89. The summed E-state index contributed by atoms with van der Waals surface area (Å²) in [5.41, 5.74) is 0.731. The lowest BCUT2D eigenvalue weighted by Gasteiger charge is -2.38. The summed E-state index contributed by atoms with van der Waals surface area (Å²) in [5.74, 6) is -0.522. The van der Waals surface area contributed by atoms with E-state index in [0.29, 0.717) is 36.9 Å². The van der Waals surface area contributed by atoms with Gasteiger partial charge in [-0.2, -0.15) is 0 Å². The topological polar surface area (TPSA) is 64.8 Å². The summed E-state index contributed by atoms with van der Waals surface area (Å²) in [6.07, 6.45) is 1.83. The van der Waals surface area contributed by atoms with E-state index in [4.69, 9.17) is 21.1 Å². The molecule has 7 heteroatoms. The molecule has 1 spiro atoms. The van der Waals surface area contributed by atoms with E-state index in [1.54, 1.807) is 12.1 Å². The summed E-state index contributed by atoms with van der Waals surface area (Å²) in [4.78, 5) is 12.9. The molecule has 0 bridgehead atoms. The molecule has 0 unspecified atom stereocenters. The molecule has 0 atom stereocenters.